The second-order valence-corrected chi connectivity index (χ2v) is 8.31. The molecule has 0 radical (unpaired) electrons. The molecule has 0 spiro atoms. The van der Waals surface area contributed by atoms with Gasteiger partial charge in [0.15, 0.2) is 0 Å². The molecule has 0 atom stereocenters. The molecule has 2 aliphatic rings. The number of carbonyl (C=O) groups is 2. The van der Waals surface area contributed by atoms with Crippen LogP contribution in [-0.2, 0) is 22.6 Å². The third kappa shape index (κ3) is 4.57. The summed E-state index contributed by atoms with van der Waals surface area (Å²) in [5.41, 5.74) is 3.44. The average Bonchev–Trinajstić information content (AvgIpc) is 2.90. The Morgan fingerprint density at radius 2 is 1.97 bits per heavy atom. The first-order valence-corrected chi connectivity index (χ1v) is 10.9. The van der Waals surface area contributed by atoms with Gasteiger partial charge < -0.3 is 19.9 Å². The van der Waals surface area contributed by atoms with Crippen LogP contribution in [0.3, 0.4) is 0 Å². The number of hydrogen-bond acceptors (Lipinski definition) is 3. The van der Waals surface area contributed by atoms with E-state index >= 15 is 0 Å². The highest BCUT2D eigenvalue weighted by Gasteiger charge is 2.25. The Balaban J connectivity index is 1.34. The van der Waals surface area contributed by atoms with Gasteiger partial charge in [0.25, 0.3) is 0 Å². The van der Waals surface area contributed by atoms with Crippen molar-refractivity contribution in [2.24, 2.45) is 0 Å². The van der Waals surface area contributed by atoms with Crippen molar-refractivity contribution in [2.45, 2.75) is 70.4 Å². The van der Waals surface area contributed by atoms with Gasteiger partial charge in [-0.25, -0.2) is 0 Å². The van der Waals surface area contributed by atoms with E-state index < -0.39 is 0 Å². The van der Waals surface area contributed by atoms with Gasteiger partial charge in [0.2, 0.25) is 11.8 Å². The van der Waals surface area contributed by atoms with Crippen LogP contribution >= 0.6 is 0 Å². The van der Waals surface area contributed by atoms with Crippen LogP contribution < -0.4 is 10.1 Å². The maximum Gasteiger partial charge on any atom is 0.223 e. The van der Waals surface area contributed by atoms with Crippen LogP contribution in [0.15, 0.2) is 18.2 Å². The number of fused-ring (bicyclic) bond motifs is 3. The normalized spacial score (nSPS) is 17.6. The Labute approximate surface area is 172 Å². The summed E-state index contributed by atoms with van der Waals surface area (Å²) in [6.45, 7) is 1.28. The van der Waals surface area contributed by atoms with E-state index in [0.29, 0.717) is 19.1 Å². The van der Waals surface area contributed by atoms with Crippen LogP contribution in [0.4, 0.5) is 0 Å². The van der Waals surface area contributed by atoms with Gasteiger partial charge in [0.1, 0.15) is 5.75 Å². The molecule has 1 aromatic carbocycles. The quantitative estimate of drug-likeness (QED) is 0.756. The molecule has 4 rings (SSSR count). The Morgan fingerprint density at radius 1 is 1.17 bits per heavy atom. The minimum atomic E-state index is 0.0137. The van der Waals surface area contributed by atoms with Crippen molar-refractivity contribution >= 4 is 22.7 Å². The van der Waals surface area contributed by atoms with E-state index in [0.717, 1.165) is 35.9 Å². The number of aromatic nitrogens is 1. The Bertz CT molecular complexity index is 881. The molecule has 2 amide bonds. The van der Waals surface area contributed by atoms with Crippen molar-refractivity contribution in [2.75, 3.05) is 13.7 Å². The maximum atomic E-state index is 12.8. The van der Waals surface area contributed by atoms with Crippen LogP contribution in [0.25, 0.3) is 10.9 Å². The SMILES string of the molecule is COc1ccc2[nH]c3c(c2c1)CN(C(=O)CCC(=O)NC1CCCCCC1)CC3. The van der Waals surface area contributed by atoms with Crippen LogP contribution in [0.5, 0.6) is 5.75 Å². The molecule has 1 aromatic heterocycles. The number of rotatable bonds is 5. The summed E-state index contributed by atoms with van der Waals surface area (Å²) in [6, 6.07) is 6.29. The summed E-state index contributed by atoms with van der Waals surface area (Å²) in [6.07, 6.45) is 8.41. The summed E-state index contributed by atoms with van der Waals surface area (Å²) in [5.74, 6) is 0.890. The van der Waals surface area contributed by atoms with Gasteiger partial charge in [0, 0.05) is 60.6 Å². The highest BCUT2D eigenvalue weighted by Crippen LogP contribution is 2.30. The van der Waals surface area contributed by atoms with E-state index in [1.807, 2.05) is 23.1 Å². The molecule has 1 saturated carbocycles. The van der Waals surface area contributed by atoms with Gasteiger partial charge >= 0.3 is 0 Å². The van der Waals surface area contributed by atoms with Crippen molar-refractivity contribution in [3.63, 3.8) is 0 Å². The van der Waals surface area contributed by atoms with Gasteiger partial charge in [-0.15, -0.1) is 0 Å². The molecule has 1 fully saturated rings. The summed E-state index contributed by atoms with van der Waals surface area (Å²) < 4.78 is 5.35. The number of methoxy groups -OCH3 is 1. The maximum absolute atomic E-state index is 12.8. The largest absolute Gasteiger partial charge is 0.497 e. The lowest BCUT2D eigenvalue weighted by molar-refractivity contribution is -0.134. The fraction of sp³-hybridized carbons (Fsp3) is 0.565. The van der Waals surface area contributed by atoms with E-state index in [1.54, 1.807) is 7.11 Å². The fourth-order valence-electron chi connectivity index (χ4n) is 4.64. The molecule has 0 bridgehead atoms. The Hall–Kier alpha value is -2.50. The van der Waals surface area contributed by atoms with E-state index in [9.17, 15) is 9.59 Å². The molecule has 156 valence electrons. The van der Waals surface area contributed by atoms with Crippen LogP contribution in [0.1, 0.15) is 62.6 Å². The molecule has 29 heavy (non-hydrogen) atoms. The summed E-state index contributed by atoms with van der Waals surface area (Å²) in [7, 11) is 1.66. The zero-order valence-electron chi connectivity index (χ0n) is 17.3. The van der Waals surface area contributed by atoms with Crippen LogP contribution in [0.2, 0.25) is 0 Å². The van der Waals surface area contributed by atoms with Crippen molar-refractivity contribution in [3.05, 3.63) is 29.5 Å². The highest BCUT2D eigenvalue weighted by molar-refractivity contribution is 5.88. The molecular formula is C23H31N3O3. The van der Waals surface area contributed by atoms with Crippen molar-refractivity contribution < 1.29 is 14.3 Å². The molecule has 6 nitrogen and oxygen atoms in total. The smallest absolute Gasteiger partial charge is 0.223 e. The lowest BCUT2D eigenvalue weighted by atomic mass is 10.0. The first-order valence-electron chi connectivity index (χ1n) is 10.9. The first-order chi connectivity index (χ1) is 14.1. The van der Waals surface area contributed by atoms with Gasteiger partial charge in [-0.05, 0) is 31.0 Å². The number of H-pyrrole nitrogens is 1. The predicted octanol–water partition coefficient (Wildman–Crippen LogP) is 3.68. The Kier molecular flexibility index (Phi) is 6.07. The molecule has 2 aromatic rings. The van der Waals surface area contributed by atoms with Gasteiger partial charge in [0.05, 0.1) is 7.11 Å². The topological polar surface area (TPSA) is 74.4 Å². The third-order valence-corrected chi connectivity index (χ3v) is 6.32. The lowest BCUT2D eigenvalue weighted by Crippen LogP contribution is -2.38. The second kappa shape index (κ2) is 8.89. The summed E-state index contributed by atoms with van der Waals surface area (Å²) in [4.78, 5) is 30.4. The van der Waals surface area contributed by atoms with Crippen LogP contribution in [-0.4, -0.2) is 41.4 Å². The molecule has 2 heterocycles. The third-order valence-electron chi connectivity index (χ3n) is 6.32. The highest BCUT2D eigenvalue weighted by atomic mass is 16.5. The van der Waals surface area contributed by atoms with Crippen LogP contribution in [0, 0.1) is 0 Å². The van der Waals surface area contributed by atoms with Gasteiger partial charge in [-0.3, -0.25) is 9.59 Å². The predicted molar refractivity (Wildman–Crippen MR) is 113 cm³/mol. The molecule has 1 aliphatic carbocycles. The average molecular weight is 398 g/mol. The summed E-state index contributed by atoms with van der Waals surface area (Å²) in [5, 5.41) is 4.25. The number of carbonyl (C=O) groups excluding carboxylic acids is 2. The van der Waals surface area contributed by atoms with E-state index in [2.05, 4.69) is 10.3 Å². The molecular weight excluding hydrogens is 366 g/mol. The van der Waals surface area contributed by atoms with Gasteiger partial charge in [-0.1, -0.05) is 25.7 Å². The second-order valence-electron chi connectivity index (χ2n) is 8.31. The number of benzene rings is 1. The molecule has 2 N–H and O–H groups in total. The number of nitrogens with zero attached hydrogens (tertiary/aromatic N) is 1. The number of hydrogen-bond donors (Lipinski definition) is 2. The number of aromatic amines is 1. The molecule has 0 saturated heterocycles. The fourth-order valence-corrected chi connectivity index (χ4v) is 4.64. The molecule has 0 unspecified atom stereocenters. The van der Waals surface area contributed by atoms with Gasteiger partial charge in [-0.2, -0.15) is 0 Å². The zero-order valence-corrected chi connectivity index (χ0v) is 17.3. The lowest BCUT2D eigenvalue weighted by Gasteiger charge is -2.27. The number of ether oxygens (including phenoxy) is 1. The standard InChI is InChI=1S/C23H31N3O3/c1-29-17-8-9-20-18(14-17)19-15-26(13-12-21(19)25-20)23(28)11-10-22(27)24-16-6-4-2-3-5-7-16/h8-9,14,16,25H,2-7,10-13,15H2,1H3,(H,24,27). The number of amides is 2. The zero-order chi connectivity index (χ0) is 20.2. The van der Waals surface area contributed by atoms with E-state index in [-0.39, 0.29) is 24.7 Å². The van der Waals surface area contributed by atoms with Crippen molar-refractivity contribution in [3.8, 4) is 5.75 Å². The monoisotopic (exact) mass is 397 g/mol. The van der Waals surface area contributed by atoms with Crippen molar-refractivity contribution in [1.29, 1.82) is 0 Å². The minimum absolute atomic E-state index is 0.0137. The molecule has 6 heteroatoms. The number of nitrogens with one attached hydrogen (secondary N) is 2. The minimum Gasteiger partial charge on any atom is -0.497 e. The summed E-state index contributed by atoms with van der Waals surface area (Å²) >= 11 is 0. The van der Waals surface area contributed by atoms with Crippen molar-refractivity contribution in [1.82, 2.24) is 15.2 Å². The van der Waals surface area contributed by atoms with E-state index in [4.69, 9.17) is 4.74 Å². The van der Waals surface area contributed by atoms with E-state index in [1.165, 1.54) is 36.9 Å². The Morgan fingerprint density at radius 3 is 2.72 bits per heavy atom. The molecule has 1 aliphatic heterocycles. The first kappa shape index (κ1) is 19.8.